The molecule has 0 radical (unpaired) electrons. The van der Waals surface area contributed by atoms with Gasteiger partial charge in [-0.3, -0.25) is 0 Å². The van der Waals surface area contributed by atoms with Crippen LogP contribution in [0.4, 0.5) is 0 Å². The molecule has 2 nitrogen and oxygen atoms in total. The molecule has 0 bridgehead atoms. The zero-order valence-corrected chi connectivity index (χ0v) is 10.3. The van der Waals surface area contributed by atoms with Gasteiger partial charge in [0, 0.05) is 11.8 Å². The molecular formula is C13H24O2. The summed E-state index contributed by atoms with van der Waals surface area (Å²) in [5.74, 6) is 1.21. The first-order chi connectivity index (χ1) is 7.07. The average molecular weight is 212 g/mol. The van der Waals surface area contributed by atoms with Crippen molar-refractivity contribution in [2.45, 2.75) is 52.7 Å². The average Bonchev–Trinajstić information content (AvgIpc) is 2.20. The van der Waals surface area contributed by atoms with Crippen LogP contribution in [0.5, 0.6) is 0 Å². The van der Waals surface area contributed by atoms with Crippen molar-refractivity contribution >= 4 is 0 Å². The SMILES string of the molecule is CC1COC(C2CCC(C)(C)CC2)OC1. The second-order valence-electron chi connectivity index (χ2n) is 6.14. The van der Waals surface area contributed by atoms with Gasteiger partial charge in [-0.15, -0.1) is 0 Å². The molecule has 0 spiro atoms. The van der Waals surface area contributed by atoms with Crippen molar-refractivity contribution in [3.05, 3.63) is 0 Å². The molecule has 2 aliphatic rings. The number of rotatable bonds is 1. The highest BCUT2D eigenvalue weighted by atomic mass is 16.7. The quantitative estimate of drug-likeness (QED) is 0.664. The van der Waals surface area contributed by atoms with Gasteiger partial charge in [0.1, 0.15) is 0 Å². The lowest BCUT2D eigenvalue weighted by Crippen LogP contribution is -2.38. The molecule has 1 saturated carbocycles. The third-order valence-corrected chi connectivity index (χ3v) is 3.86. The Morgan fingerprint density at radius 1 is 1.00 bits per heavy atom. The normalized spacial score (nSPS) is 37.8. The summed E-state index contributed by atoms with van der Waals surface area (Å²) in [5, 5.41) is 0. The lowest BCUT2D eigenvalue weighted by atomic mass is 9.73. The van der Waals surface area contributed by atoms with Gasteiger partial charge in [-0.25, -0.2) is 0 Å². The minimum atomic E-state index is 0.0947. The predicted octanol–water partition coefficient (Wildman–Crippen LogP) is 3.21. The van der Waals surface area contributed by atoms with Crippen molar-refractivity contribution < 1.29 is 9.47 Å². The molecule has 1 saturated heterocycles. The number of hydrogen-bond acceptors (Lipinski definition) is 2. The van der Waals surface area contributed by atoms with E-state index in [2.05, 4.69) is 20.8 Å². The summed E-state index contributed by atoms with van der Waals surface area (Å²) in [6.07, 6.45) is 5.27. The maximum Gasteiger partial charge on any atom is 0.160 e. The van der Waals surface area contributed by atoms with E-state index in [0.717, 1.165) is 13.2 Å². The lowest BCUT2D eigenvalue weighted by molar-refractivity contribution is -0.228. The van der Waals surface area contributed by atoms with E-state index < -0.39 is 0 Å². The van der Waals surface area contributed by atoms with E-state index in [-0.39, 0.29) is 6.29 Å². The van der Waals surface area contributed by atoms with E-state index in [9.17, 15) is 0 Å². The third kappa shape index (κ3) is 2.94. The Labute approximate surface area is 93.3 Å². The topological polar surface area (TPSA) is 18.5 Å². The van der Waals surface area contributed by atoms with Gasteiger partial charge in [-0.05, 0) is 31.1 Å². The Balaban J connectivity index is 1.80. The first kappa shape index (κ1) is 11.4. The molecule has 0 amide bonds. The Hall–Kier alpha value is -0.0800. The molecule has 2 rings (SSSR count). The van der Waals surface area contributed by atoms with Crippen LogP contribution in [-0.2, 0) is 9.47 Å². The third-order valence-electron chi connectivity index (χ3n) is 3.86. The Morgan fingerprint density at radius 3 is 2.07 bits per heavy atom. The van der Waals surface area contributed by atoms with Crippen LogP contribution >= 0.6 is 0 Å². The van der Waals surface area contributed by atoms with Gasteiger partial charge in [0.2, 0.25) is 0 Å². The molecule has 0 atom stereocenters. The molecule has 0 unspecified atom stereocenters. The van der Waals surface area contributed by atoms with Gasteiger partial charge in [0.05, 0.1) is 13.2 Å². The van der Waals surface area contributed by atoms with E-state index >= 15 is 0 Å². The van der Waals surface area contributed by atoms with Gasteiger partial charge in [0.15, 0.2) is 6.29 Å². The summed E-state index contributed by atoms with van der Waals surface area (Å²) in [5.41, 5.74) is 0.540. The smallest absolute Gasteiger partial charge is 0.160 e. The zero-order valence-electron chi connectivity index (χ0n) is 10.3. The summed E-state index contributed by atoms with van der Waals surface area (Å²) in [6.45, 7) is 8.68. The highest BCUT2D eigenvalue weighted by Crippen LogP contribution is 2.40. The van der Waals surface area contributed by atoms with Crippen LogP contribution in [0.3, 0.4) is 0 Å². The first-order valence-corrected chi connectivity index (χ1v) is 6.30. The maximum atomic E-state index is 5.78. The van der Waals surface area contributed by atoms with Crippen molar-refractivity contribution in [1.82, 2.24) is 0 Å². The molecule has 1 aliphatic heterocycles. The van der Waals surface area contributed by atoms with E-state index in [4.69, 9.17) is 9.47 Å². The largest absolute Gasteiger partial charge is 0.352 e. The monoisotopic (exact) mass is 212 g/mol. The fraction of sp³-hybridized carbons (Fsp3) is 1.00. The molecule has 0 aromatic rings. The number of hydrogen-bond donors (Lipinski definition) is 0. The van der Waals surface area contributed by atoms with E-state index in [1.54, 1.807) is 0 Å². The molecule has 1 heterocycles. The molecule has 88 valence electrons. The van der Waals surface area contributed by atoms with Crippen molar-refractivity contribution in [3.8, 4) is 0 Å². The summed E-state index contributed by atoms with van der Waals surface area (Å²) < 4.78 is 11.6. The zero-order chi connectivity index (χ0) is 10.9. The summed E-state index contributed by atoms with van der Waals surface area (Å²) in [4.78, 5) is 0. The summed E-state index contributed by atoms with van der Waals surface area (Å²) in [6, 6.07) is 0. The van der Waals surface area contributed by atoms with E-state index in [1.165, 1.54) is 25.7 Å². The van der Waals surface area contributed by atoms with Crippen molar-refractivity contribution in [3.63, 3.8) is 0 Å². The van der Waals surface area contributed by atoms with Gasteiger partial charge in [-0.1, -0.05) is 20.8 Å². The Kier molecular flexibility index (Phi) is 3.36. The van der Waals surface area contributed by atoms with Crippen LogP contribution in [0.1, 0.15) is 46.5 Å². The molecule has 0 aromatic heterocycles. The predicted molar refractivity (Wildman–Crippen MR) is 60.6 cm³/mol. The summed E-state index contributed by atoms with van der Waals surface area (Å²) >= 11 is 0. The molecule has 1 aliphatic carbocycles. The second-order valence-corrected chi connectivity index (χ2v) is 6.14. The van der Waals surface area contributed by atoms with Crippen molar-refractivity contribution in [1.29, 1.82) is 0 Å². The van der Waals surface area contributed by atoms with Crippen LogP contribution in [0, 0.1) is 17.3 Å². The summed E-state index contributed by atoms with van der Waals surface area (Å²) in [7, 11) is 0. The molecule has 0 N–H and O–H groups in total. The second kappa shape index (κ2) is 4.42. The van der Waals surface area contributed by atoms with Crippen LogP contribution < -0.4 is 0 Å². The van der Waals surface area contributed by atoms with Gasteiger partial charge in [0.25, 0.3) is 0 Å². The fourth-order valence-corrected chi connectivity index (χ4v) is 2.58. The van der Waals surface area contributed by atoms with Crippen LogP contribution in [0.25, 0.3) is 0 Å². The lowest BCUT2D eigenvalue weighted by Gasteiger charge is -2.39. The number of ether oxygens (including phenoxy) is 2. The fourth-order valence-electron chi connectivity index (χ4n) is 2.58. The maximum absolute atomic E-state index is 5.78. The molecular weight excluding hydrogens is 188 g/mol. The van der Waals surface area contributed by atoms with Crippen LogP contribution in [0.2, 0.25) is 0 Å². The Bertz CT molecular complexity index is 195. The highest BCUT2D eigenvalue weighted by Gasteiger charge is 2.34. The van der Waals surface area contributed by atoms with Crippen molar-refractivity contribution in [2.75, 3.05) is 13.2 Å². The highest BCUT2D eigenvalue weighted by molar-refractivity contribution is 4.80. The first-order valence-electron chi connectivity index (χ1n) is 6.30. The Morgan fingerprint density at radius 2 is 1.53 bits per heavy atom. The van der Waals surface area contributed by atoms with Gasteiger partial charge < -0.3 is 9.47 Å². The van der Waals surface area contributed by atoms with Crippen LogP contribution in [-0.4, -0.2) is 19.5 Å². The van der Waals surface area contributed by atoms with Crippen LogP contribution in [0.15, 0.2) is 0 Å². The minimum Gasteiger partial charge on any atom is -0.352 e. The standard InChI is InChI=1S/C13H24O2/c1-10-8-14-12(15-9-10)11-4-6-13(2,3)7-5-11/h10-12H,4-9H2,1-3H3. The van der Waals surface area contributed by atoms with Gasteiger partial charge >= 0.3 is 0 Å². The minimum absolute atomic E-state index is 0.0947. The molecule has 0 aromatic carbocycles. The molecule has 15 heavy (non-hydrogen) atoms. The molecule has 2 heteroatoms. The van der Waals surface area contributed by atoms with E-state index in [0.29, 0.717) is 17.3 Å². The molecule has 2 fully saturated rings. The van der Waals surface area contributed by atoms with Crippen molar-refractivity contribution in [2.24, 2.45) is 17.3 Å². The van der Waals surface area contributed by atoms with Gasteiger partial charge in [-0.2, -0.15) is 0 Å². The van der Waals surface area contributed by atoms with E-state index in [1.807, 2.05) is 0 Å².